The number of rotatable bonds is 5. The zero-order valence-electron chi connectivity index (χ0n) is 23.6. The van der Waals surface area contributed by atoms with Gasteiger partial charge < -0.3 is 15.1 Å². The molecule has 0 aromatic carbocycles. The van der Waals surface area contributed by atoms with Gasteiger partial charge in [0.05, 0.1) is 29.1 Å². The van der Waals surface area contributed by atoms with Gasteiger partial charge in [-0.3, -0.25) is 14.6 Å². The van der Waals surface area contributed by atoms with Gasteiger partial charge in [-0.05, 0) is 55.7 Å². The summed E-state index contributed by atoms with van der Waals surface area (Å²) >= 11 is 1.85. The summed E-state index contributed by atoms with van der Waals surface area (Å²) in [6.45, 7) is 9.35. The number of thiophene rings is 1. The molecule has 0 unspecified atom stereocenters. The molecule has 2 amide bonds. The Bertz CT molecular complexity index is 1430. The number of fused-ring (bicyclic) bond motifs is 3. The van der Waals surface area contributed by atoms with Crippen molar-refractivity contribution in [2.45, 2.75) is 58.8 Å². The average molecular weight is 559 g/mol. The van der Waals surface area contributed by atoms with Crippen molar-refractivity contribution >= 4 is 44.9 Å². The number of anilines is 2. The van der Waals surface area contributed by atoms with Gasteiger partial charge in [-0.15, -0.1) is 11.3 Å². The molecule has 2 aliphatic carbocycles. The molecule has 1 N–H and O–H groups in total. The van der Waals surface area contributed by atoms with Crippen LogP contribution in [0.5, 0.6) is 0 Å². The lowest BCUT2D eigenvalue weighted by Crippen LogP contribution is -2.52. The first kappa shape index (κ1) is 26.9. The first-order valence-corrected chi connectivity index (χ1v) is 15.4. The number of aryl methyl sites for hydroxylation is 1. The quantitative estimate of drug-likeness (QED) is 0.433. The Balaban J connectivity index is 1.19. The fraction of sp³-hybridized carbons (Fsp3) is 0.516. The van der Waals surface area contributed by atoms with Crippen molar-refractivity contribution < 1.29 is 9.59 Å². The molecule has 3 aliphatic rings. The van der Waals surface area contributed by atoms with E-state index in [2.05, 4.69) is 36.0 Å². The predicted molar refractivity (Wildman–Crippen MR) is 160 cm³/mol. The molecule has 1 saturated heterocycles. The number of allylic oxidation sites excluding steroid dienone is 2. The van der Waals surface area contributed by atoms with Crippen molar-refractivity contribution in [2.75, 3.05) is 36.4 Å². The van der Waals surface area contributed by atoms with E-state index in [9.17, 15) is 9.59 Å². The van der Waals surface area contributed by atoms with Gasteiger partial charge in [0.25, 0.3) is 0 Å². The third kappa shape index (κ3) is 5.23. The molecule has 8 nitrogen and oxygen atoms in total. The van der Waals surface area contributed by atoms with Crippen LogP contribution in [0.15, 0.2) is 36.7 Å². The molecule has 1 fully saturated rings. The number of piperazine rings is 1. The number of carbonyl (C=O) groups is 2. The van der Waals surface area contributed by atoms with Gasteiger partial charge in [-0.1, -0.05) is 32.9 Å². The largest absolute Gasteiger partial charge is 0.352 e. The Morgan fingerprint density at radius 3 is 2.58 bits per heavy atom. The van der Waals surface area contributed by atoms with Crippen LogP contribution in [0.3, 0.4) is 0 Å². The molecule has 0 saturated carbocycles. The highest BCUT2D eigenvalue weighted by Crippen LogP contribution is 2.42. The van der Waals surface area contributed by atoms with Crippen molar-refractivity contribution in [3.8, 4) is 0 Å². The maximum atomic E-state index is 13.8. The minimum absolute atomic E-state index is 0.0768. The van der Waals surface area contributed by atoms with E-state index in [0.29, 0.717) is 37.5 Å². The van der Waals surface area contributed by atoms with Crippen LogP contribution in [0.1, 0.15) is 62.2 Å². The molecule has 0 spiro atoms. The number of aromatic nitrogens is 3. The Morgan fingerprint density at radius 1 is 1.07 bits per heavy atom. The van der Waals surface area contributed by atoms with Gasteiger partial charge in [-0.25, -0.2) is 9.97 Å². The van der Waals surface area contributed by atoms with E-state index in [1.807, 2.05) is 34.5 Å². The summed E-state index contributed by atoms with van der Waals surface area (Å²) in [6.07, 6.45) is 11.9. The fourth-order valence-corrected chi connectivity index (χ4v) is 7.63. The minimum Gasteiger partial charge on any atom is -0.352 e. The Morgan fingerprint density at radius 2 is 1.85 bits per heavy atom. The molecule has 3 aromatic heterocycles. The summed E-state index contributed by atoms with van der Waals surface area (Å²) in [7, 11) is 0. The Kier molecular flexibility index (Phi) is 7.57. The van der Waals surface area contributed by atoms with Crippen LogP contribution in [0.25, 0.3) is 10.2 Å². The molecule has 0 bridgehead atoms. The molecule has 6 rings (SSSR count). The predicted octanol–water partition coefficient (Wildman–Crippen LogP) is 5.20. The molecule has 1 aliphatic heterocycles. The minimum atomic E-state index is -0.384. The summed E-state index contributed by atoms with van der Waals surface area (Å²) < 4.78 is 0. The highest BCUT2D eigenvalue weighted by atomic mass is 32.1. The van der Waals surface area contributed by atoms with Gasteiger partial charge >= 0.3 is 0 Å². The first-order valence-electron chi connectivity index (χ1n) is 14.6. The lowest BCUT2D eigenvalue weighted by molar-refractivity contribution is -0.141. The van der Waals surface area contributed by atoms with E-state index < -0.39 is 0 Å². The molecule has 9 heteroatoms. The van der Waals surface area contributed by atoms with E-state index in [1.165, 1.54) is 22.2 Å². The zero-order valence-corrected chi connectivity index (χ0v) is 24.4. The summed E-state index contributed by atoms with van der Waals surface area (Å²) in [5.74, 6) is 2.12. The van der Waals surface area contributed by atoms with Gasteiger partial charge in [0.15, 0.2) is 0 Å². The molecule has 3 atom stereocenters. The van der Waals surface area contributed by atoms with Gasteiger partial charge in [-0.2, -0.15) is 0 Å². The number of hydrogen-bond acceptors (Lipinski definition) is 7. The third-order valence-electron chi connectivity index (χ3n) is 8.58. The van der Waals surface area contributed by atoms with E-state index >= 15 is 0 Å². The number of pyridine rings is 1. The van der Waals surface area contributed by atoms with Crippen molar-refractivity contribution in [3.05, 3.63) is 52.9 Å². The van der Waals surface area contributed by atoms with E-state index in [1.54, 1.807) is 18.5 Å². The van der Waals surface area contributed by atoms with Gasteiger partial charge in [0.1, 0.15) is 16.5 Å². The molecule has 210 valence electrons. The van der Waals surface area contributed by atoms with E-state index in [0.717, 1.165) is 42.4 Å². The van der Waals surface area contributed by atoms with Crippen LogP contribution >= 0.6 is 11.3 Å². The van der Waals surface area contributed by atoms with Crippen molar-refractivity contribution in [3.63, 3.8) is 0 Å². The number of nitrogens with zero attached hydrogens (tertiary/aromatic N) is 5. The second-order valence-electron chi connectivity index (χ2n) is 11.8. The number of nitrogens with one attached hydrogen (secondary N) is 1. The van der Waals surface area contributed by atoms with Crippen LogP contribution in [0.4, 0.5) is 11.5 Å². The van der Waals surface area contributed by atoms with Crippen LogP contribution in [0.2, 0.25) is 0 Å². The van der Waals surface area contributed by atoms with Crippen LogP contribution in [-0.2, 0) is 22.4 Å². The standard InChI is InChI=1S/C31H38N6O2S/c1-19(2)27-34-28(26-24-11-10-20(3)17-25(24)40-30(26)35-27)36-13-15-37(16-14-36)31(39)23-9-5-4-8-22(23)29(38)33-21-7-6-12-32-18-21/h4-7,12,18-20,22-23H,8-11,13-17H2,1-3H3,(H,33,38)/t20-,22-,23-/m1/s1. The zero-order chi connectivity index (χ0) is 27.8. The molecule has 3 aromatic rings. The maximum absolute atomic E-state index is 13.8. The normalized spacial score (nSPS) is 22.9. The maximum Gasteiger partial charge on any atom is 0.228 e. The Hall–Kier alpha value is -3.33. The second kappa shape index (κ2) is 11.3. The van der Waals surface area contributed by atoms with Crippen LogP contribution in [-0.4, -0.2) is 57.8 Å². The van der Waals surface area contributed by atoms with Crippen LogP contribution < -0.4 is 10.2 Å². The Labute approximate surface area is 239 Å². The molecule has 40 heavy (non-hydrogen) atoms. The summed E-state index contributed by atoms with van der Waals surface area (Å²) in [5.41, 5.74) is 2.10. The lowest BCUT2D eigenvalue weighted by Gasteiger charge is -2.39. The van der Waals surface area contributed by atoms with E-state index in [4.69, 9.17) is 9.97 Å². The van der Waals surface area contributed by atoms with Crippen molar-refractivity contribution in [2.24, 2.45) is 17.8 Å². The SMILES string of the molecule is CC(C)c1nc(N2CCN(C(=O)[C@@H]3CC=CC[C@H]3C(=O)Nc3cccnc3)CC2)c2c3c(sc2n1)C[C@H](C)CC3. The highest BCUT2D eigenvalue weighted by molar-refractivity contribution is 7.19. The van der Waals surface area contributed by atoms with Gasteiger partial charge in [0.2, 0.25) is 11.8 Å². The van der Waals surface area contributed by atoms with Crippen molar-refractivity contribution in [1.29, 1.82) is 0 Å². The molecular weight excluding hydrogens is 520 g/mol. The summed E-state index contributed by atoms with van der Waals surface area (Å²) in [5, 5.41) is 4.19. The fourth-order valence-electron chi connectivity index (χ4n) is 6.25. The second-order valence-corrected chi connectivity index (χ2v) is 12.9. The lowest BCUT2D eigenvalue weighted by atomic mass is 9.81. The average Bonchev–Trinajstić information content (AvgIpc) is 3.34. The smallest absolute Gasteiger partial charge is 0.228 e. The summed E-state index contributed by atoms with van der Waals surface area (Å²) in [6, 6.07) is 3.61. The first-order chi connectivity index (χ1) is 19.4. The van der Waals surface area contributed by atoms with Gasteiger partial charge in [0, 0.05) is 43.2 Å². The summed E-state index contributed by atoms with van der Waals surface area (Å²) in [4.78, 5) is 48.0. The monoisotopic (exact) mass is 558 g/mol. The third-order valence-corrected chi connectivity index (χ3v) is 9.72. The van der Waals surface area contributed by atoms with Crippen LogP contribution in [0, 0.1) is 17.8 Å². The number of hydrogen-bond donors (Lipinski definition) is 1. The number of carbonyl (C=O) groups excluding carboxylic acids is 2. The van der Waals surface area contributed by atoms with E-state index in [-0.39, 0.29) is 29.6 Å². The highest BCUT2D eigenvalue weighted by Gasteiger charge is 2.38. The molecule has 4 heterocycles. The molecular formula is C31H38N6O2S. The topological polar surface area (TPSA) is 91.3 Å². The molecule has 0 radical (unpaired) electrons. The number of amides is 2. The van der Waals surface area contributed by atoms with Crippen molar-refractivity contribution in [1.82, 2.24) is 19.9 Å².